The number of ether oxygens (including phenoxy) is 1. The number of aliphatic hydroxyl groups is 1. The molecule has 2 atom stereocenters. The summed E-state index contributed by atoms with van der Waals surface area (Å²) in [7, 11) is 1.79. The third kappa shape index (κ3) is 5.06. The Morgan fingerprint density at radius 2 is 1.87 bits per heavy atom. The van der Waals surface area contributed by atoms with E-state index in [1.165, 1.54) is 12.0 Å². The van der Waals surface area contributed by atoms with E-state index in [0.29, 0.717) is 23.8 Å². The van der Waals surface area contributed by atoms with Crippen molar-refractivity contribution in [2.45, 2.75) is 56.9 Å². The lowest BCUT2D eigenvalue weighted by Crippen LogP contribution is -2.50. The summed E-state index contributed by atoms with van der Waals surface area (Å²) in [5.74, 6) is 1.55. The summed E-state index contributed by atoms with van der Waals surface area (Å²) in [5.41, 5.74) is 1.57. The third-order valence-electron chi connectivity index (χ3n) is 7.80. The van der Waals surface area contributed by atoms with Gasteiger partial charge in [-0.3, -0.25) is 4.79 Å². The monoisotopic (exact) mass is 414 g/mol. The van der Waals surface area contributed by atoms with Crippen molar-refractivity contribution in [3.8, 4) is 0 Å². The molecule has 30 heavy (non-hydrogen) atoms. The molecular formula is C25H38N2O3. The summed E-state index contributed by atoms with van der Waals surface area (Å²) < 4.78 is 5.62. The molecule has 0 unspecified atom stereocenters. The number of nitrogens with zero attached hydrogens (tertiary/aromatic N) is 1. The lowest BCUT2D eigenvalue weighted by molar-refractivity contribution is -0.140. The van der Waals surface area contributed by atoms with Crippen molar-refractivity contribution in [2.75, 3.05) is 40.0 Å². The van der Waals surface area contributed by atoms with E-state index in [9.17, 15) is 9.90 Å². The van der Waals surface area contributed by atoms with E-state index in [1.54, 1.807) is 7.11 Å². The van der Waals surface area contributed by atoms with Gasteiger partial charge in [-0.25, -0.2) is 0 Å². The van der Waals surface area contributed by atoms with Crippen LogP contribution in [-0.4, -0.2) is 61.9 Å². The Labute approximate surface area is 181 Å². The highest BCUT2D eigenvalue weighted by molar-refractivity contribution is 5.79. The van der Waals surface area contributed by atoms with Crippen LogP contribution in [0.1, 0.15) is 56.4 Å². The normalized spacial score (nSPS) is 30.8. The van der Waals surface area contributed by atoms with Gasteiger partial charge in [0.2, 0.25) is 5.91 Å². The number of methoxy groups -OCH3 is 1. The van der Waals surface area contributed by atoms with Crippen molar-refractivity contribution in [1.29, 1.82) is 0 Å². The van der Waals surface area contributed by atoms with Gasteiger partial charge in [0.25, 0.3) is 0 Å². The van der Waals surface area contributed by atoms with Crippen LogP contribution in [0.5, 0.6) is 0 Å². The number of rotatable bonds is 8. The molecule has 0 spiro atoms. The molecule has 3 fully saturated rings. The molecule has 1 amide bonds. The second kappa shape index (κ2) is 9.80. The van der Waals surface area contributed by atoms with Crippen LogP contribution in [0, 0.1) is 17.3 Å². The molecule has 1 heterocycles. The molecule has 1 aromatic rings. The van der Waals surface area contributed by atoms with E-state index in [4.69, 9.17) is 4.74 Å². The van der Waals surface area contributed by atoms with Crippen LogP contribution >= 0.6 is 0 Å². The van der Waals surface area contributed by atoms with Crippen molar-refractivity contribution < 1.29 is 14.6 Å². The number of hydrogen-bond donors (Lipinski definition) is 2. The number of carbonyl (C=O) groups excluding carboxylic acids is 1. The van der Waals surface area contributed by atoms with Crippen LogP contribution in [0.3, 0.4) is 0 Å². The van der Waals surface area contributed by atoms with Crippen molar-refractivity contribution in [1.82, 2.24) is 10.2 Å². The molecule has 2 saturated carbocycles. The van der Waals surface area contributed by atoms with E-state index in [1.807, 2.05) is 0 Å². The van der Waals surface area contributed by atoms with E-state index in [-0.39, 0.29) is 17.9 Å². The maximum atomic E-state index is 13.0. The van der Waals surface area contributed by atoms with Gasteiger partial charge in [0.05, 0.1) is 6.61 Å². The number of likely N-dealkylation sites (tertiary alicyclic amines) is 1. The van der Waals surface area contributed by atoms with Crippen LogP contribution in [0.15, 0.2) is 30.3 Å². The minimum absolute atomic E-state index is 0.129. The van der Waals surface area contributed by atoms with Gasteiger partial charge in [-0.2, -0.15) is 0 Å². The van der Waals surface area contributed by atoms with E-state index in [2.05, 4.69) is 40.5 Å². The summed E-state index contributed by atoms with van der Waals surface area (Å²) >= 11 is 0. The molecule has 0 bridgehead atoms. The highest BCUT2D eigenvalue weighted by Gasteiger charge is 2.42. The van der Waals surface area contributed by atoms with Crippen LogP contribution in [0.4, 0.5) is 0 Å². The van der Waals surface area contributed by atoms with Crippen molar-refractivity contribution >= 4 is 5.91 Å². The Kier molecular flexibility index (Phi) is 7.12. The molecule has 0 radical (unpaired) electrons. The average molecular weight is 415 g/mol. The zero-order chi connectivity index (χ0) is 21.0. The molecule has 2 aliphatic carbocycles. The van der Waals surface area contributed by atoms with Gasteiger partial charge in [-0.1, -0.05) is 30.3 Å². The molecular weight excluding hydrogens is 376 g/mol. The smallest absolute Gasteiger partial charge is 0.225 e. The first kappa shape index (κ1) is 21.8. The van der Waals surface area contributed by atoms with Gasteiger partial charge in [0.15, 0.2) is 0 Å². The first-order valence-electron chi connectivity index (χ1n) is 11.8. The average Bonchev–Trinajstić information content (AvgIpc) is 3.59. The minimum atomic E-state index is 0.129. The molecule has 166 valence electrons. The van der Waals surface area contributed by atoms with E-state index >= 15 is 0 Å². The quantitative estimate of drug-likeness (QED) is 0.686. The fraction of sp³-hybridized carbons (Fsp3) is 0.720. The van der Waals surface area contributed by atoms with Gasteiger partial charge in [0.1, 0.15) is 0 Å². The summed E-state index contributed by atoms with van der Waals surface area (Å²) in [6.07, 6.45) is 7.09. The molecule has 1 aliphatic heterocycles. The fourth-order valence-electron chi connectivity index (χ4n) is 5.57. The van der Waals surface area contributed by atoms with Gasteiger partial charge in [0, 0.05) is 56.6 Å². The number of aliphatic hydroxyl groups excluding tert-OH is 1. The molecule has 1 saturated heterocycles. The predicted molar refractivity (Wildman–Crippen MR) is 118 cm³/mol. The Morgan fingerprint density at radius 1 is 1.17 bits per heavy atom. The highest BCUT2D eigenvalue weighted by atomic mass is 16.5. The van der Waals surface area contributed by atoms with Crippen LogP contribution in [0.25, 0.3) is 0 Å². The number of piperidine rings is 1. The van der Waals surface area contributed by atoms with E-state index < -0.39 is 0 Å². The number of nitrogens with one attached hydrogen (secondary N) is 1. The Balaban J connectivity index is 1.26. The number of carbonyl (C=O) groups is 1. The van der Waals surface area contributed by atoms with Crippen LogP contribution in [-0.2, 0) is 9.53 Å². The van der Waals surface area contributed by atoms with Crippen LogP contribution in [0.2, 0.25) is 0 Å². The van der Waals surface area contributed by atoms with Gasteiger partial charge in [-0.15, -0.1) is 0 Å². The van der Waals surface area contributed by atoms with Gasteiger partial charge in [-0.05, 0) is 56.4 Å². The second-order valence-corrected chi connectivity index (χ2v) is 9.90. The lowest BCUT2D eigenvalue weighted by atomic mass is 9.77. The number of hydrogen-bond acceptors (Lipinski definition) is 4. The molecule has 0 aromatic heterocycles. The highest BCUT2D eigenvalue weighted by Crippen LogP contribution is 2.42. The van der Waals surface area contributed by atoms with Crippen molar-refractivity contribution in [3.05, 3.63) is 35.9 Å². The molecule has 1 aromatic carbocycles. The zero-order valence-electron chi connectivity index (χ0n) is 18.4. The summed E-state index contributed by atoms with van der Waals surface area (Å²) in [6.45, 7) is 3.68. The Bertz CT molecular complexity index is 679. The summed E-state index contributed by atoms with van der Waals surface area (Å²) in [5, 5.41) is 13.1. The molecule has 2 N–H and O–H groups in total. The number of amides is 1. The van der Waals surface area contributed by atoms with Crippen LogP contribution < -0.4 is 5.32 Å². The zero-order valence-corrected chi connectivity index (χ0v) is 18.4. The lowest BCUT2D eigenvalue weighted by Gasteiger charge is -2.43. The SMILES string of the molecule is COCC1(CN[C@@H]2C[C@H]2c2ccccc2)CCN(C(=O)[C@H]2CC[C@H](CO)CC2)CC1. The summed E-state index contributed by atoms with van der Waals surface area (Å²) in [6, 6.07) is 11.4. The second-order valence-electron chi connectivity index (χ2n) is 9.90. The number of benzene rings is 1. The van der Waals surface area contributed by atoms with E-state index in [0.717, 1.165) is 64.8 Å². The first-order chi connectivity index (χ1) is 14.6. The molecule has 5 heteroatoms. The van der Waals surface area contributed by atoms with Gasteiger partial charge < -0.3 is 20.1 Å². The molecule has 3 aliphatic rings. The predicted octanol–water partition coefficient (Wildman–Crippen LogP) is 3.19. The van der Waals surface area contributed by atoms with Crippen molar-refractivity contribution in [3.63, 3.8) is 0 Å². The maximum absolute atomic E-state index is 13.0. The standard InChI is InChI=1S/C25H38N2O3/c1-30-18-25(17-26-23-15-22(23)20-5-3-2-4-6-20)11-13-27(14-12-25)24(29)21-9-7-19(16-28)8-10-21/h2-6,19,21-23,26,28H,7-18H2,1H3/t19-,21-,22-,23+/m0/s1. The molecule has 5 nitrogen and oxygen atoms in total. The topological polar surface area (TPSA) is 61.8 Å². The maximum Gasteiger partial charge on any atom is 0.225 e. The summed E-state index contributed by atoms with van der Waals surface area (Å²) in [4.78, 5) is 15.1. The minimum Gasteiger partial charge on any atom is -0.396 e. The Hall–Kier alpha value is -1.43. The largest absolute Gasteiger partial charge is 0.396 e. The third-order valence-corrected chi connectivity index (χ3v) is 7.80. The Morgan fingerprint density at radius 3 is 2.50 bits per heavy atom. The fourth-order valence-corrected chi connectivity index (χ4v) is 5.57. The molecule has 4 rings (SSSR count). The first-order valence-corrected chi connectivity index (χ1v) is 11.8. The van der Waals surface area contributed by atoms with Gasteiger partial charge >= 0.3 is 0 Å². The van der Waals surface area contributed by atoms with Crippen molar-refractivity contribution in [2.24, 2.45) is 17.3 Å².